The fraction of sp³-hybridized carbons (Fsp3) is 0.200. The van der Waals surface area contributed by atoms with Gasteiger partial charge in [0.15, 0.2) is 0 Å². The van der Waals surface area contributed by atoms with Gasteiger partial charge >= 0.3 is 6.18 Å². The summed E-state index contributed by atoms with van der Waals surface area (Å²) in [5.74, 6) is 0. The van der Waals surface area contributed by atoms with Gasteiger partial charge in [0.25, 0.3) is 5.56 Å². The molecule has 26 heavy (non-hydrogen) atoms. The second-order valence-corrected chi connectivity index (χ2v) is 6.23. The van der Waals surface area contributed by atoms with Crippen molar-refractivity contribution in [3.05, 3.63) is 87.2 Å². The number of rotatable bonds is 3. The molecule has 3 aromatic rings. The molecule has 134 valence electrons. The van der Waals surface area contributed by atoms with Crippen LogP contribution in [0.3, 0.4) is 0 Å². The highest BCUT2D eigenvalue weighted by Gasteiger charge is 2.30. The Kier molecular flexibility index (Phi) is 4.68. The maximum Gasteiger partial charge on any atom is 0.416 e. The highest BCUT2D eigenvalue weighted by Crippen LogP contribution is 2.29. The van der Waals surface area contributed by atoms with Crippen molar-refractivity contribution in [3.8, 4) is 11.3 Å². The predicted octanol–water partition coefficient (Wildman–Crippen LogP) is 4.59. The van der Waals surface area contributed by atoms with Crippen molar-refractivity contribution < 1.29 is 13.2 Å². The van der Waals surface area contributed by atoms with E-state index in [1.807, 2.05) is 32.0 Å². The van der Waals surface area contributed by atoms with E-state index in [1.54, 1.807) is 12.1 Å². The van der Waals surface area contributed by atoms with Gasteiger partial charge in [-0.25, -0.2) is 4.68 Å². The van der Waals surface area contributed by atoms with Crippen LogP contribution in [0.4, 0.5) is 13.2 Å². The largest absolute Gasteiger partial charge is 0.416 e. The van der Waals surface area contributed by atoms with Crippen molar-refractivity contribution in [3.63, 3.8) is 0 Å². The summed E-state index contributed by atoms with van der Waals surface area (Å²) >= 11 is 0. The van der Waals surface area contributed by atoms with Gasteiger partial charge in [0.2, 0.25) is 0 Å². The van der Waals surface area contributed by atoms with E-state index in [2.05, 4.69) is 5.10 Å². The van der Waals surface area contributed by atoms with Crippen molar-refractivity contribution >= 4 is 0 Å². The lowest BCUT2D eigenvalue weighted by Crippen LogP contribution is -2.23. The van der Waals surface area contributed by atoms with Crippen molar-refractivity contribution in [2.75, 3.05) is 0 Å². The molecule has 3 rings (SSSR count). The van der Waals surface area contributed by atoms with Crippen LogP contribution in [0.5, 0.6) is 0 Å². The lowest BCUT2D eigenvalue weighted by molar-refractivity contribution is -0.137. The quantitative estimate of drug-likeness (QED) is 0.686. The topological polar surface area (TPSA) is 34.9 Å². The molecule has 1 aromatic heterocycles. The average Bonchev–Trinajstić information content (AvgIpc) is 2.57. The minimum Gasteiger partial charge on any atom is -0.268 e. The van der Waals surface area contributed by atoms with Crippen molar-refractivity contribution in [1.29, 1.82) is 0 Å². The molecule has 0 atom stereocenters. The van der Waals surface area contributed by atoms with E-state index in [0.717, 1.165) is 28.8 Å². The number of nitrogens with zero attached hydrogens (tertiary/aromatic N) is 2. The molecule has 0 N–H and O–H groups in total. The minimum absolute atomic E-state index is 0.0263. The molecule has 0 radical (unpaired) electrons. The Morgan fingerprint density at radius 2 is 1.77 bits per heavy atom. The average molecular weight is 358 g/mol. The van der Waals surface area contributed by atoms with Gasteiger partial charge < -0.3 is 0 Å². The van der Waals surface area contributed by atoms with E-state index in [4.69, 9.17) is 0 Å². The van der Waals surface area contributed by atoms with E-state index in [9.17, 15) is 18.0 Å². The molecule has 1 heterocycles. The van der Waals surface area contributed by atoms with Gasteiger partial charge in [0.1, 0.15) is 0 Å². The zero-order valence-electron chi connectivity index (χ0n) is 14.3. The van der Waals surface area contributed by atoms with E-state index >= 15 is 0 Å². The van der Waals surface area contributed by atoms with Gasteiger partial charge in [0, 0.05) is 11.6 Å². The first-order valence-electron chi connectivity index (χ1n) is 8.06. The van der Waals surface area contributed by atoms with E-state index in [-0.39, 0.29) is 12.1 Å². The Morgan fingerprint density at radius 3 is 2.46 bits per heavy atom. The molecule has 0 aliphatic rings. The molecule has 0 saturated carbocycles. The zero-order valence-corrected chi connectivity index (χ0v) is 14.3. The summed E-state index contributed by atoms with van der Waals surface area (Å²) < 4.78 is 39.8. The number of halogens is 3. The van der Waals surface area contributed by atoms with E-state index in [1.165, 1.54) is 16.8 Å². The van der Waals surface area contributed by atoms with Gasteiger partial charge in [-0.05, 0) is 43.2 Å². The molecule has 0 aliphatic carbocycles. The summed E-state index contributed by atoms with van der Waals surface area (Å²) in [5.41, 5.74) is 2.88. The van der Waals surface area contributed by atoms with Gasteiger partial charge in [0.05, 0.1) is 17.8 Å². The summed E-state index contributed by atoms with van der Waals surface area (Å²) in [7, 11) is 0. The second-order valence-electron chi connectivity index (χ2n) is 6.23. The SMILES string of the molecule is Cc1ccc(-c2ccc(=O)n(Cc3cccc(C(F)(F)F)c3)n2)c(C)c1. The van der Waals surface area contributed by atoms with Gasteiger partial charge in [-0.2, -0.15) is 18.3 Å². The highest BCUT2D eigenvalue weighted by atomic mass is 19.4. The van der Waals surface area contributed by atoms with Crippen molar-refractivity contribution in [1.82, 2.24) is 9.78 Å². The smallest absolute Gasteiger partial charge is 0.268 e. The molecule has 0 spiro atoms. The first-order valence-corrected chi connectivity index (χ1v) is 8.06. The number of benzene rings is 2. The Labute approximate surface area is 148 Å². The molecule has 0 unspecified atom stereocenters. The molecule has 0 aliphatic heterocycles. The van der Waals surface area contributed by atoms with Crippen molar-refractivity contribution in [2.24, 2.45) is 0 Å². The maximum atomic E-state index is 12.9. The fourth-order valence-electron chi connectivity index (χ4n) is 2.83. The normalized spacial score (nSPS) is 11.6. The molecule has 6 heteroatoms. The third-order valence-electron chi connectivity index (χ3n) is 4.11. The highest BCUT2D eigenvalue weighted by molar-refractivity contribution is 5.63. The summed E-state index contributed by atoms with van der Waals surface area (Å²) in [6, 6.07) is 13.8. The van der Waals surface area contributed by atoms with Crippen molar-refractivity contribution in [2.45, 2.75) is 26.6 Å². The summed E-state index contributed by atoms with van der Waals surface area (Å²) in [6.45, 7) is 3.91. The number of aryl methyl sites for hydroxylation is 2. The van der Waals surface area contributed by atoms with Crippen LogP contribution >= 0.6 is 0 Å². The molecular formula is C20H17F3N2O. The Bertz CT molecular complexity index is 1010. The van der Waals surface area contributed by atoms with E-state index in [0.29, 0.717) is 11.3 Å². The third-order valence-corrected chi connectivity index (χ3v) is 4.11. The first-order chi connectivity index (χ1) is 12.2. The van der Waals surface area contributed by atoms with Crippen LogP contribution in [0.25, 0.3) is 11.3 Å². The van der Waals surface area contributed by atoms with Crippen LogP contribution in [-0.2, 0) is 12.7 Å². The number of alkyl halides is 3. The second kappa shape index (κ2) is 6.78. The Hall–Kier alpha value is -2.89. The maximum absolute atomic E-state index is 12.9. The van der Waals surface area contributed by atoms with Crippen LogP contribution in [0.2, 0.25) is 0 Å². The molecular weight excluding hydrogens is 341 g/mol. The van der Waals surface area contributed by atoms with Gasteiger partial charge in [-0.15, -0.1) is 0 Å². The third kappa shape index (κ3) is 3.85. The minimum atomic E-state index is -4.42. The first kappa shape index (κ1) is 17.9. The van der Waals surface area contributed by atoms with Crippen LogP contribution in [0, 0.1) is 13.8 Å². The Morgan fingerprint density at radius 1 is 1.00 bits per heavy atom. The standard InChI is InChI=1S/C20H17F3N2O/c1-13-6-7-17(14(2)10-13)18-8-9-19(26)25(24-18)12-15-4-3-5-16(11-15)20(21,22)23/h3-11H,12H2,1-2H3. The van der Waals surface area contributed by atoms with Gasteiger partial charge in [-0.1, -0.05) is 35.9 Å². The number of aromatic nitrogens is 2. The zero-order chi connectivity index (χ0) is 18.9. The fourth-order valence-corrected chi connectivity index (χ4v) is 2.83. The molecule has 2 aromatic carbocycles. The monoisotopic (exact) mass is 358 g/mol. The van der Waals surface area contributed by atoms with Gasteiger partial charge in [-0.3, -0.25) is 4.79 Å². The molecule has 0 fully saturated rings. The number of hydrogen-bond donors (Lipinski definition) is 0. The van der Waals surface area contributed by atoms with Crippen LogP contribution in [0.1, 0.15) is 22.3 Å². The molecule has 0 saturated heterocycles. The van der Waals surface area contributed by atoms with Crippen LogP contribution in [0.15, 0.2) is 59.4 Å². The van der Waals surface area contributed by atoms with Crippen LogP contribution in [-0.4, -0.2) is 9.78 Å². The predicted molar refractivity (Wildman–Crippen MR) is 94.0 cm³/mol. The molecule has 3 nitrogen and oxygen atoms in total. The van der Waals surface area contributed by atoms with E-state index < -0.39 is 11.7 Å². The molecule has 0 amide bonds. The summed E-state index contributed by atoms with van der Waals surface area (Å²) in [5, 5.41) is 4.34. The summed E-state index contributed by atoms with van der Waals surface area (Å²) in [6.07, 6.45) is -4.42. The lowest BCUT2D eigenvalue weighted by atomic mass is 10.0. The summed E-state index contributed by atoms with van der Waals surface area (Å²) in [4.78, 5) is 12.1. The lowest BCUT2D eigenvalue weighted by Gasteiger charge is -2.11. The number of hydrogen-bond acceptors (Lipinski definition) is 2. The van der Waals surface area contributed by atoms with Crippen LogP contribution < -0.4 is 5.56 Å². The molecule has 0 bridgehead atoms. The Balaban J connectivity index is 1.98.